The zero-order valence-corrected chi connectivity index (χ0v) is 16.1. The van der Waals surface area contributed by atoms with Gasteiger partial charge in [-0.25, -0.2) is 0 Å². The Kier molecular flexibility index (Phi) is 8.11. The van der Waals surface area contributed by atoms with Crippen LogP contribution < -0.4 is 0 Å². The first-order valence-corrected chi connectivity index (χ1v) is 10.5. The summed E-state index contributed by atoms with van der Waals surface area (Å²) in [6.07, 6.45) is 3.62. The van der Waals surface area contributed by atoms with E-state index in [-0.39, 0.29) is 29.8 Å². The van der Waals surface area contributed by atoms with Crippen LogP contribution in [0, 0.1) is 5.92 Å². The van der Waals surface area contributed by atoms with Crippen molar-refractivity contribution in [2.24, 2.45) is 5.92 Å². The molecule has 0 saturated carbocycles. The Balaban J connectivity index is 5.39. The van der Waals surface area contributed by atoms with Crippen molar-refractivity contribution in [1.29, 1.82) is 0 Å². The molecule has 0 aliphatic carbocycles. The van der Waals surface area contributed by atoms with E-state index in [1.807, 2.05) is 6.92 Å². The van der Waals surface area contributed by atoms with Crippen molar-refractivity contribution >= 4 is 8.32 Å². The fourth-order valence-corrected chi connectivity index (χ4v) is 3.33. The maximum Gasteiger partial charge on any atom is 0.192 e. The van der Waals surface area contributed by atoms with Gasteiger partial charge in [0.2, 0.25) is 0 Å². The molecule has 124 valence electrons. The summed E-state index contributed by atoms with van der Waals surface area (Å²) in [5.41, 5.74) is 0.949. The van der Waals surface area contributed by atoms with Gasteiger partial charge in [0.05, 0.1) is 12.7 Å². The van der Waals surface area contributed by atoms with Gasteiger partial charge in [0.15, 0.2) is 8.32 Å². The minimum Gasteiger partial charge on any atom is -0.410 e. The van der Waals surface area contributed by atoms with Crippen LogP contribution in [0.2, 0.25) is 18.1 Å². The highest BCUT2D eigenvalue weighted by molar-refractivity contribution is 6.74. The van der Waals surface area contributed by atoms with Gasteiger partial charge >= 0.3 is 0 Å². The highest BCUT2D eigenvalue weighted by Crippen LogP contribution is 2.39. The fourth-order valence-electron chi connectivity index (χ4n) is 1.95. The molecule has 0 rings (SSSR count). The van der Waals surface area contributed by atoms with Crippen LogP contribution in [0.4, 0.5) is 0 Å². The van der Waals surface area contributed by atoms with Crippen molar-refractivity contribution in [2.75, 3.05) is 13.7 Å². The summed E-state index contributed by atoms with van der Waals surface area (Å²) < 4.78 is 12.1. The maximum atomic E-state index is 9.23. The van der Waals surface area contributed by atoms with Crippen molar-refractivity contribution in [3.05, 3.63) is 24.3 Å². The van der Waals surface area contributed by atoms with Crippen LogP contribution >= 0.6 is 0 Å². The number of methoxy groups -OCH3 is 1. The Hall–Kier alpha value is -0.423. The molecule has 0 aliphatic heterocycles. The van der Waals surface area contributed by atoms with Gasteiger partial charge in [0.25, 0.3) is 0 Å². The maximum absolute atomic E-state index is 9.23. The second-order valence-corrected chi connectivity index (χ2v) is 12.1. The molecule has 0 aliphatic rings. The molecule has 3 atom stereocenters. The Morgan fingerprint density at radius 1 is 1.33 bits per heavy atom. The first-order chi connectivity index (χ1) is 9.50. The molecule has 0 heterocycles. The largest absolute Gasteiger partial charge is 0.410 e. The van der Waals surface area contributed by atoms with E-state index in [0.717, 1.165) is 5.57 Å². The second-order valence-electron chi connectivity index (χ2n) is 7.31. The molecule has 0 amide bonds. The van der Waals surface area contributed by atoms with E-state index in [0.29, 0.717) is 0 Å². The minimum absolute atomic E-state index is 0.0723. The molecule has 21 heavy (non-hydrogen) atoms. The van der Waals surface area contributed by atoms with Crippen molar-refractivity contribution < 1.29 is 14.3 Å². The molecule has 1 N–H and O–H groups in total. The predicted molar refractivity (Wildman–Crippen MR) is 93.1 cm³/mol. The van der Waals surface area contributed by atoms with Gasteiger partial charge in [0.1, 0.15) is 6.10 Å². The summed E-state index contributed by atoms with van der Waals surface area (Å²) in [6.45, 7) is 19.1. The third kappa shape index (κ3) is 6.07. The van der Waals surface area contributed by atoms with Gasteiger partial charge in [-0.3, -0.25) is 0 Å². The normalized spacial score (nSPS) is 18.2. The zero-order valence-electron chi connectivity index (χ0n) is 15.1. The first-order valence-electron chi connectivity index (χ1n) is 7.61. The van der Waals surface area contributed by atoms with E-state index >= 15 is 0 Å². The Morgan fingerprint density at radius 2 is 1.86 bits per heavy atom. The van der Waals surface area contributed by atoms with E-state index < -0.39 is 8.32 Å². The van der Waals surface area contributed by atoms with Crippen LogP contribution in [0.3, 0.4) is 0 Å². The van der Waals surface area contributed by atoms with Crippen LogP contribution in [0.15, 0.2) is 24.3 Å². The SMILES string of the molecule is C=C[C@H](OC)[C@@H](O[Si](C)(C)C(C)(C)C)[C@H](C)C=C(C)CO. The van der Waals surface area contributed by atoms with E-state index in [9.17, 15) is 5.11 Å². The summed E-state index contributed by atoms with van der Waals surface area (Å²) in [4.78, 5) is 0. The van der Waals surface area contributed by atoms with Crippen molar-refractivity contribution in [2.45, 2.75) is 65.0 Å². The second kappa shape index (κ2) is 8.27. The molecule has 0 bridgehead atoms. The third-order valence-corrected chi connectivity index (χ3v) is 8.85. The topological polar surface area (TPSA) is 38.7 Å². The molecule has 4 heteroatoms. The quantitative estimate of drug-likeness (QED) is 0.540. The fraction of sp³-hybridized carbons (Fsp3) is 0.765. The highest BCUT2D eigenvalue weighted by atomic mass is 28.4. The lowest BCUT2D eigenvalue weighted by atomic mass is 9.97. The smallest absolute Gasteiger partial charge is 0.192 e. The molecule has 0 fully saturated rings. The standard InChI is InChI=1S/C17H34O3Si/c1-10-15(19-7)16(14(3)11-13(2)12-18)20-21(8,9)17(4,5)6/h10-11,14-16,18H,1,12H2,2-9H3/t14-,15+,16+/m1/s1. The van der Waals surface area contributed by atoms with Crippen LogP contribution in [-0.4, -0.2) is 39.3 Å². The number of ether oxygens (including phenoxy) is 1. The minimum atomic E-state index is -1.91. The molecule has 0 radical (unpaired) electrons. The number of aliphatic hydroxyl groups excluding tert-OH is 1. The van der Waals surface area contributed by atoms with Crippen LogP contribution in [0.25, 0.3) is 0 Å². The van der Waals surface area contributed by atoms with Gasteiger partial charge in [-0.2, -0.15) is 0 Å². The number of hydrogen-bond donors (Lipinski definition) is 1. The van der Waals surface area contributed by atoms with Crippen LogP contribution in [0.1, 0.15) is 34.6 Å². The molecule has 0 aromatic heterocycles. The lowest BCUT2D eigenvalue weighted by molar-refractivity contribution is 0.00591. The van der Waals surface area contributed by atoms with Gasteiger partial charge < -0.3 is 14.3 Å². The third-order valence-electron chi connectivity index (χ3n) is 4.38. The zero-order chi connectivity index (χ0) is 16.8. The van der Waals surface area contributed by atoms with Gasteiger partial charge in [0, 0.05) is 13.0 Å². The van der Waals surface area contributed by atoms with Gasteiger partial charge in [-0.15, -0.1) is 6.58 Å². The molecule has 0 unspecified atom stereocenters. The average Bonchev–Trinajstić information content (AvgIpc) is 2.37. The monoisotopic (exact) mass is 314 g/mol. The summed E-state index contributed by atoms with van der Waals surface area (Å²) in [7, 11) is -0.223. The summed E-state index contributed by atoms with van der Waals surface area (Å²) in [6, 6.07) is 0. The van der Waals surface area contributed by atoms with Crippen LogP contribution in [0.5, 0.6) is 0 Å². The van der Waals surface area contributed by atoms with E-state index in [2.05, 4.69) is 53.4 Å². The van der Waals surface area contributed by atoms with E-state index in [4.69, 9.17) is 9.16 Å². The molecular formula is C17H34O3Si. The Bertz CT molecular complexity index is 356. The Labute approximate surface area is 132 Å². The van der Waals surface area contributed by atoms with Crippen molar-refractivity contribution in [1.82, 2.24) is 0 Å². The summed E-state index contributed by atoms with van der Waals surface area (Å²) in [5, 5.41) is 9.37. The predicted octanol–water partition coefficient (Wildman–Crippen LogP) is 4.15. The lowest BCUT2D eigenvalue weighted by Gasteiger charge is -2.42. The highest BCUT2D eigenvalue weighted by Gasteiger charge is 2.41. The number of rotatable bonds is 8. The molecule has 0 spiro atoms. The number of hydrogen-bond acceptors (Lipinski definition) is 3. The number of aliphatic hydroxyl groups is 1. The van der Waals surface area contributed by atoms with Crippen molar-refractivity contribution in [3.8, 4) is 0 Å². The van der Waals surface area contributed by atoms with Crippen LogP contribution in [-0.2, 0) is 9.16 Å². The molecule has 0 aromatic rings. The summed E-state index contributed by atoms with van der Waals surface area (Å²) in [5.74, 6) is 0.147. The summed E-state index contributed by atoms with van der Waals surface area (Å²) >= 11 is 0. The Morgan fingerprint density at radius 3 is 2.19 bits per heavy atom. The molecular weight excluding hydrogens is 280 g/mol. The van der Waals surface area contributed by atoms with Gasteiger partial charge in [-0.1, -0.05) is 45.4 Å². The van der Waals surface area contributed by atoms with Crippen molar-refractivity contribution in [3.63, 3.8) is 0 Å². The molecule has 0 saturated heterocycles. The molecule has 0 aromatic carbocycles. The van der Waals surface area contributed by atoms with E-state index in [1.165, 1.54) is 0 Å². The average molecular weight is 315 g/mol. The first kappa shape index (κ1) is 20.6. The van der Waals surface area contributed by atoms with E-state index in [1.54, 1.807) is 13.2 Å². The lowest BCUT2D eigenvalue weighted by Crippen LogP contribution is -2.49. The van der Waals surface area contributed by atoms with Gasteiger partial charge in [-0.05, 0) is 25.1 Å². The molecule has 3 nitrogen and oxygen atoms in total.